The number of hydrogen-bond donors (Lipinski definition) is 1. The van der Waals surface area contributed by atoms with Crippen LogP contribution in [0.5, 0.6) is 0 Å². The van der Waals surface area contributed by atoms with Crippen LogP contribution in [0.15, 0.2) is 43.0 Å². The van der Waals surface area contributed by atoms with Crippen LogP contribution in [0, 0.1) is 0 Å². The number of rotatable bonds is 9. The number of nitrogen functional groups attached to an aromatic ring is 1. The predicted octanol–water partition coefficient (Wildman–Crippen LogP) is 2.83. The van der Waals surface area contributed by atoms with Crippen molar-refractivity contribution in [3.05, 3.63) is 48.5 Å². The summed E-state index contributed by atoms with van der Waals surface area (Å²) in [7, 11) is -2.01. The van der Waals surface area contributed by atoms with Gasteiger partial charge in [0, 0.05) is 7.11 Å². The molecular formula is C17H22N5O4P. The van der Waals surface area contributed by atoms with E-state index in [9.17, 15) is 4.57 Å². The molecule has 0 saturated carbocycles. The topological polar surface area (TPSA) is 114 Å². The van der Waals surface area contributed by atoms with Crippen molar-refractivity contribution in [2.45, 2.75) is 26.2 Å². The summed E-state index contributed by atoms with van der Waals surface area (Å²) in [4.78, 5) is 12.3. The third kappa shape index (κ3) is 4.90. The summed E-state index contributed by atoms with van der Waals surface area (Å²) in [6.07, 6.45) is 2.58. The Morgan fingerprint density at radius 1 is 1.22 bits per heavy atom. The lowest BCUT2D eigenvalue weighted by Crippen LogP contribution is -2.18. The number of hydrogen-bond acceptors (Lipinski definition) is 8. The van der Waals surface area contributed by atoms with Crippen molar-refractivity contribution < 1.29 is 18.3 Å². The quantitative estimate of drug-likeness (QED) is 0.554. The van der Waals surface area contributed by atoms with Gasteiger partial charge in [0.05, 0.1) is 25.6 Å². The fourth-order valence-corrected chi connectivity index (χ4v) is 3.54. The summed E-state index contributed by atoms with van der Waals surface area (Å²) in [6, 6.07) is 9.46. The van der Waals surface area contributed by atoms with Crippen molar-refractivity contribution in [1.29, 1.82) is 0 Å². The Morgan fingerprint density at radius 3 is 2.74 bits per heavy atom. The number of benzene rings is 1. The van der Waals surface area contributed by atoms with Crippen molar-refractivity contribution in [1.82, 2.24) is 19.5 Å². The summed E-state index contributed by atoms with van der Waals surface area (Å²) in [6.45, 7) is 2.50. The molecule has 2 aromatic heterocycles. The Bertz CT molecular complexity index is 933. The highest BCUT2D eigenvalue weighted by atomic mass is 31.2. The Morgan fingerprint density at radius 2 is 2.00 bits per heavy atom. The van der Waals surface area contributed by atoms with E-state index >= 15 is 0 Å². The van der Waals surface area contributed by atoms with Gasteiger partial charge in [-0.1, -0.05) is 30.3 Å². The zero-order valence-electron chi connectivity index (χ0n) is 15.2. The minimum Gasteiger partial charge on any atom is -0.382 e. The molecule has 1 aromatic carbocycles. The highest BCUT2D eigenvalue weighted by Gasteiger charge is 2.25. The smallest absolute Gasteiger partial charge is 0.356 e. The summed E-state index contributed by atoms with van der Waals surface area (Å²) in [5.41, 5.74) is 7.85. The van der Waals surface area contributed by atoms with Crippen molar-refractivity contribution >= 4 is 24.6 Å². The zero-order chi connectivity index (χ0) is 19.3. The second kappa shape index (κ2) is 8.58. The Balaban J connectivity index is 1.57. The highest BCUT2D eigenvalue weighted by molar-refractivity contribution is 7.53. The van der Waals surface area contributed by atoms with E-state index < -0.39 is 7.60 Å². The normalized spacial score (nSPS) is 14.9. The van der Waals surface area contributed by atoms with Gasteiger partial charge in [-0.2, -0.15) is 0 Å². The molecule has 3 aromatic rings. The first-order chi connectivity index (χ1) is 13.0. The number of anilines is 1. The first kappa shape index (κ1) is 19.4. The standard InChI is InChI=1S/C17H22N5O4P/c1-13(8-22-11-21-15-16(18)19-10-20-17(15)22)25-12-27(23,24-2)26-9-14-6-4-3-5-7-14/h3-7,10-11,13H,8-9,12H2,1-2H3,(H2,18,19,20). The fraction of sp³-hybridized carbons (Fsp3) is 0.353. The van der Waals surface area contributed by atoms with Crippen molar-refractivity contribution in [3.8, 4) is 0 Å². The van der Waals surface area contributed by atoms with E-state index in [1.807, 2.05) is 37.3 Å². The molecule has 0 bridgehead atoms. The Labute approximate surface area is 157 Å². The van der Waals surface area contributed by atoms with Gasteiger partial charge in [-0.15, -0.1) is 0 Å². The van der Waals surface area contributed by atoms with Crippen LogP contribution in [0.25, 0.3) is 11.2 Å². The lowest BCUT2D eigenvalue weighted by molar-refractivity contribution is 0.0679. The molecule has 0 amide bonds. The van der Waals surface area contributed by atoms with Gasteiger partial charge < -0.3 is 24.1 Å². The number of fused-ring (bicyclic) bond motifs is 1. The van der Waals surface area contributed by atoms with E-state index in [1.54, 1.807) is 10.9 Å². The van der Waals surface area contributed by atoms with Crippen molar-refractivity contribution in [3.63, 3.8) is 0 Å². The van der Waals surface area contributed by atoms with Gasteiger partial charge in [-0.25, -0.2) is 15.0 Å². The van der Waals surface area contributed by atoms with Crippen LogP contribution in [-0.2, 0) is 31.5 Å². The van der Waals surface area contributed by atoms with Crippen LogP contribution in [0.2, 0.25) is 0 Å². The molecule has 0 aliphatic carbocycles. The van der Waals surface area contributed by atoms with E-state index in [0.717, 1.165) is 5.56 Å². The van der Waals surface area contributed by atoms with Gasteiger partial charge in [0.15, 0.2) is 11.5 Å². The molecule has 3 rings (SSSR count). The maximum absolute atomic E-state index is 12.7. The number of nitrogens with two attached hydrogens (primary N) is 1. The monoisotopic (exact) mass is 391 g/mol. The Hall–Kier alpha value is -2.32. The molecular weight excluding hydrogens is 369 g/mol. The average Bonchev–Trinajstić information content (AvgIpc) is 3.10. The molecule has 2 heterocycles. The van der Waals surface area contributed by atoms with Crippen molar-refractivity contribution in [2.75, 3.05) is 19.2 Å². The maximum atomic E-state index is 12.7. The number of nitrogens with zero attached hydrogens (tertiary/aromatic N) is 4. The molecule has 0 aliphatic heterocycles. The van der Waals surface area contributed by atoms with E-state index in [0.29, 0.717) is 23.5 Å². The third-order valence-electron chi connectivity index (χ3n) is 3.95. The van der Waals surface area contributed by atoms with E-state index in [4.69, 9.17) is 19.5 Å². The highest BCUT2D eigenvalue weighted by Crippen LogP contribution is 2.48. The van der Waals surface area contributed by atoms with Crippen LogP contribution in [0.4, 0.5) is 5.82 Å². The number of aromatic nitrogens is 4. The maximum Gasteiger partial charge on any atom is 0.356 e. The SMILES string of the molecule is COP(=O)(COC(C)Cn1cnc2c(N)ncnc21)OCc1ccccc1. The minimum atomic E-state index is -3.36. The number of imidazole rings is 1. The van der Waals surface area contributed by atoms with E-state index in [1.165, 1.54) is 13.4 Å². The van der Waals surface area contributed by atoms with Gasteiger partial charge in [0.1, 0.15) is 18.2 Å². The first-order valence-electron chi connectivity index (χ1n) is 8.37. The zero-order valence-corrected chi connectivity index (χ0v) is 16.1. The van der Waals surface area contributed by atoms with Gasteiger partial charge >= 0.3 is 7.60 Å². The fourth-order valence-electron chi connectivity index (χ4n) is 2.47. The molecule has 27 heavy (non-hydrogen) atoms. The molecule has 2 unspecified atom stereocenters. The van der Waals surface area contributed by atoms with Crippen LogP contribution in [0.3, 0.4) is 0 Å². The predicted molar refractivity (Wildman–Crippen MR) is 101 cm³/mol. The van der Waals surface area contributed by atoms with Crippen LogP contribution >= 0.6 is 7.60 Å². The largest absolute Gasteiger partial charge is 0.382 e. The van der Waals surface area contributed by atoms with E-state index in [2.05, 4.69) is 15.0 Å². The van der Waals surface area contributed by atoms with E-state index in [-0.39, 0.29) is 19.1 Å². The molecule has 0 fully saturated rings. The first-order valence-corrected chi connectivity index (χ1v) is 10.1. The number of ether oxygens (including phenoxy) is 1. The van der Waals surface area contributed by atoms with Crippen LogP contribution < -0.4 is 5.73 Å². The summed E-state index contributed by atoms with van der Waals surface area (Å²) >= 11 is 0. The molecule has 144 valence electrons. The average molecular weight is 391 g/mol. The van der Waals surface area contributed by atoms with Gasteiger partial charge in [-0.3, -0.25) is 4.57 Å². The molecule has 0 spiro atoms. The molecule has 0 aliphatic rings. The molecule has 0 radical (unpaired) electrons. The van der Waals surface area contributed by atoms with Gasteiger partial charge in [-0.05, 0) is 12.5 Å². The third-order valence-corrected chi connectivity index (χ3v) is 5.49. The molecule has 10 heteroatoms. The summed E-state index contributed by atoms with van der Waals surface area (Å²) < 4.78 is 30.8. The lowest BCUT2D eigenvalue weighted by Gasteiger charge is -2.20. The van der Waals surface area contributed by atoms with Crippen molar-refractivity contribution in [2.24, 2.45) is 0 Å². The summed E-state index contributed by atoms with van der Waals surface area (Å²) in [5.74, 6) is 0.325. The second-order valence-electron chi connectivity index (χ2n) is 5.99. The van der Waals surface area contributed by atoms with Gasteiger partial charge in [0.25, 0.3) is 0 Å². The summed E-state index contributed by atoms with van der Waals surface area (Å²) in [5, 5.41) is 0. The lowest BCUT2D eigenvalue weighted by atomic mass is 10.2. The van der Waals surface area contributed by atoms with Crippen LogP contribution in [0.1, 0.15) is 12.5 Å². The molecule has 2 N–H and O–H groups in total. The second-order valence-corrected chi connectivity index (χ2v) is 8.09. The molecule has 2 atom stereocenters. The minimum absolute atomic E-state index is 0.152. The Kier molecular flexibility index (Phi) is 6.18. The van der Waals surface area contributed by atoms with Crippen LogP contribution in [-0.4, -0.2) is 39.1 Å². The molecule has 0 saturated heterocycles. The van der Waals surface area contributed by atoms with Gasteiger partial charge in [0.2, 0.25) is 0 Å². The molecule has 9 nitrogen and oxygen atoms in total.